The molecule has 0 aliphatic heterocycles. The average molecular weight is 348 g/mol. The number of halogens is 3. The Morgan fingerprint density at radius 1 is 0.542 bits per heavy atom. The fourth-order valence-corrected chi connectivity index (χ4v) is 2.79. The lowest BCUT2D eigenvalue weighted by molar-refractivity contribution is -0.0697. The molecule has 0 atom stereocenters. The van der Waals surface area contributed by atoms with Gasteiger partial charge in [-0.1, -0.05) is 89.4 Å². The third-order valence-corrected chi connectivity index (χ3v) is 4.19. The van der Waals surface area contributed by atoms with E-state index in [1.807, 2.05) is 0 Å². The summed E-state index contributed by atoms with van der Waals surface area (Å²) in [5, 5.41) is 8.68. The maximum Gasteiger partial charge on any atom is 0.457 e. The van der Waals surface area contributed by atoms with Crippen molar-refractivity contribution in [3.8, 4) is 11.8 Å². The van der Waals surface area contributed by atoms with Crippen LogP contribution in [0.15, 0.2) is 0 Å². The molecule has 0 amide bonds. The van der Waals surface area contributed by atoms with Crippen LogP contribution in [0.1, 0.15) is 103 Å². The average Bonchev–Trinajstić information content (AvgIpc) is 2.52. The summed E-state index contributed by atoms with van der Waals surface area (Å²) in [6.07, 6.45) is 13.9. The maximum atomic E-state index is 11.8. The molecule has 0 rings (SSSR count). The highest BCUT2D eigenvalue weighted by molar-refractivity contribution is 5.04. The van der Waals surface area contributed by atoms with Crippen LogP contribution < -0.4 is 0 Å². The molecule has 0 spiro atoms. The Bertz CT molecular complexity index is 315. The second kappa shape index (κ2) is 17.1. The van der Waals surface area contributed by atoms with Gasteiger partial charge in [-0.2, -0.15) is 13.2 Å². The molecule has 1 N–H and O–H groups in total. The van der Waals surface area contributed by atoms with Crippen LogP contribution in [0.25, 0.3) is 0 Å². The van der Waals surface area contributed by atoms with E-state index < -0.39 is 6.18 Å². The van der Waals surface area contributed by atoms with Gasteiger partial charge in [0.25, 0.3) is 0 Å². The predicted octanol–water partition coefficient (Wildman–Crippen LogP) is 6.79. The van der Waals surface area contributed by atoms with E-state index in [-0.39, 0.29) is 0 Å². The van der Waals surface area contributed by atoms with Crippen LogP contribution in [0, 0.1) is 11.8 Å². The normalized spacial score (nSPS) is 11.3. The minimum Gasteiger partial charge on any atom is -0.396 e. The minimum absolute atomic E-state index is 0.326. The van der Waals surface area contributed by atoms with Crippen molar-refractivity contribution < 1.29 is 18.3 Å². The van der Waals surface area contributed by atoms with Gasteiger partial charge >= 0.3 is 6.18 Å². The summed E-state index contributed by atoms with van der Waals surface area (Å²) in [5.74, 6) is 3.50. The van der Waals surface area contributed by atoms with Crippen LogP contribution in [-0.4, -0.2) is 17.9 Å². The smallest absolute Gasteiger partial charge is 0.396 e. The number of alkyl halides is 3. The molecule has 4 heteroatoms. The SMILES string of the molecule is OCCCCCCCCCCCCCCCCCC#CC(F)(F)F. The van der Waals surface area contributed by atoms with Gasteiger partial charge in [-0.05, 0) is 12.8 Å². The van der Waals surface area contributed by atoms with E-state index in [0.29, 0.717) is 13.0 Å². The molecule has 24 heavy (non-hydrogen) atoms. The van der Waals surface area contributed by atoms with Crippen LogP contribution in [0.3, 0.4) is 0 Å². The predicted molar refractivity (Wildman–Crippen MR) is 94.8 cm³/mol. The van der Waals surface area contributed by atoms with Crippen LogP contribution in [-0.2, 0) is 0 Å². The summed E-state index contributed by atoms with van der Waals surface area (Å²) in [4.78, 5) is 0. The zero-order valence-electron chi connectivity index (χ0n) is 15.1. The monoisotopic (exact) mass is 348 g/mol. The Hall–Kier alpha value is -0.690. The van der Waals surface area contributed by atoms with Gasteiger partial charge in [0.1, 0.15) is 0 Å². The van der Waals surface area contributed by atoms with Gasteiger partial charge in [-0.3, -0.25) is 0 Å². The highest BCUT2D eigenvalue weighted by atomic mass is 19.4. The number of unbranched alkanes of at least 4 members (excludes halogenated alkanes) is 15. The molecule has 0 saturated heterocycles. The number of hydrogen-bond donors (Lipinski definition) is 1. The first-order chi connectivity index (χ1) is 11.6. The van der Waals surface area contributed by atoms with Gasteiger partial charge in [0, 0.05) is 18.9 Å². The molecule has 0 unspecified atom stereocenters. The van der Waals surface area contributed by atoms with E-state index in [9.17, 15) is 13.2 Å². The first-order valence-corrected chi connectivity index (χ1v) is 9.74. The van der Waals surface area contributed by atoms with Gasteiger partial charge in [-0.15, -0.1) is 0 Å². The van der Waals surface area contributed by atoms with Crippen LogP contribution >= 0.6 is 0 Å². The van der Waals surface area contributed by atoms with Gasteiger partial charge in [0.15, 0.2) is 0 Å². The van der Waals surface area contributed by atoms with Gasteiger partial charge in [-0.25, -0.2) is 0 Å². The molecule has 0 aromatic rings. The highest BCUT2D eigenvalue weighted by Gasteiger charge is 2.22. The second-order valence-electron chi connectivity index (χ2n) is 6.58. The lowest BCUT2D eigenvalue weighted by atomic mass is 10.0. The Morgan fingerprint density at radius 2 is 0.875 bits per heavy atom. The molecule has 0 heterocycles. The molecule has 1 nitrogen and oxygen atoms in total. The van der Waals surface area contributed by atoms with Gasteiger partial charge < -0.3 is 5.11 Å². The topological polar surface area (TPSA) is 20.2 Å². The summed E-state index contributed by atoms with van der Waals surface area (Å²) in [6, 6.07) is 0. The van der Waals surface area contributed by atoms with E-state index >= 15 is 0 Å². The number of aliphatic hydroxyl groups is 1. The highest BCUT2D eigenvalue weighted by Crippen LogP contribution is 2.14. The Morgan fingerprint density at radius 3 is 1.21 bits per heavy atom. The second-order valence-corrected chi connectivity index (χ2v) is 6.58. The molecular weight excluding hydrogens is 313 g/mol. The number of rotatable bonds is 16. The van der Waals surface area contributed by atoms with Gasteiger partial charge in [0.2, 0.25) is 0 Å². The minimum atomic E-state index is -4.33. The van der Waals surface area contributed by atoms with E-state index in [4.69, 9.17) is 5.11 Å². The molecular formula is C20H35F3O. The zero-order chi connectivity index (χ0) is 17.9. The molecule has 0 aliphatic rings. The van der Waals surface area contributed by atoms with Crippen LogP contribution in [0.5, 0.6) is 0 Å². The molecule has 0 aromatic carbocycles. The fourth-order valence-electron chi connectivity index (χ4n) is 2.79. The molecule has 0 bridgehead atoms. The fraction of sp³-hybridized carbons (Fsp3) is 0.900. The van der Waals surface area contributed by atoms with Crippen molar-refractivity contribution in [3.05, 3.63) is 0 Å². The van der Waals surface area contributed by atoms with E-state index in [1.165, 1.54) is 70.1 Å². The molecule has 0 aliphatic carbocycles. The number of hydrogen-bond acceptors (Lipinski definition) is 1. The molecule has 0 saturated carbocycles. The van der Waals surface area contributed by atoms with E-state index in [0.717, 1.165) is 32.1 Å². The van der Waals surface area contributed by atoms with Gasteiger partial charge in [0.05, 0.1) is 0 Å². The lowest BCUT2D eigenvalue weighted by Gasteiger charge is -2.03. The molecule has 0 radical (unpaired) electrons. The Kier molecular flexibility index (Phi) is 16.7. The van der Waals surface area contributed by atoms with E-state index in [1.54, 1.807) is 0 Å². The first-order valence-electron chi connectivity index (χ1n) is 9.74. The maximum absolute atomic E-state index is 11.8. The van der Waals surface area contributed by atoms with Crippen molar-refractivity contribution in [1.82, 2.24) is 0 Å². The summed E-state index contributed by atoms with van der Waals surface area (Å²) in [6.45, 7) is 0.326. The Labute approximate surface area is 146 Å². The third kappa shape index (κ3) is 21.3. The van der Waals surface area contributed by atoms with Crippen molar-refractivity contribution in [2.45, 2.75) is 109 Å². The Balaban J connectivity index is 3.09. The zero-order valence-corrected chi connectivity index (χ0v) is 15.1. The van der Waals surface area contributed by atoms with Crippen molar-refractivity contribution in [3.63, 3.8) is 0 Å². The largest absolute Gasteiger partial charge is 0.457 e. The summed E-state index contributed by atoms with van der Waals surface area (Å²) in [7, 11) is 0. The van der Waals surface area contributed by atoms with Crippen LogP contribution in [0.4, 0.5) is 13.2 Å². The molecule has 0 fully saturated rings. The van der Waals surface area contributed by atoms with Crippen molar-refractivity contribution in [1.29, 1.82) is 0 Å². The van der Waals surface area contributed by atoms with Crippen molar-refractivity contribution in [2.75, 3.05) is 6.61 Å². The summed E-state index contributed by atoms with van der Waals surface area (Å²) < 4.78 is 35.3. The quantitative estimate of drug-likeness (QED) is 0.240. The summed E-state index contributed by atoms with van der Waals surface area (Å²) in [5.41, 5.74) is 0. The lowest BCUT2D eigenvalue weighted by Crippen LogP contribution is -2.01. The summed E-state index contributed by atoms with van der Waals surface area (Å²) >= 11 is 0. The van der Waals surface area contributed by atoms with E-state index in [2.05, 4.69) is 5.92 Å². The molecule has 0 aromatic heterocycles. The van der Waals surface area contributed by atoms with Crippen molar-refractivity contribution >= 4 is 0 Å². The standard InChI is InChI=1S/C20H35F3O/c21-20(22,23)18-16-14-12-10-8-6-4-2-1-3-5-7-9-11-13-15-17-19-24/h24H,1-15,17,19H2. The van der Waals surface area contributed by atoms with Crippen molar-refractivity contribution in [2.24, 2.45) is 0 Å². The molecule has 142 valence electrons. The first kappa shape index (κ1) is 23.3. The van der Waals surface area contributed by atoms with Crippen LogP contribution in [0.2, 0.25) is 0 Å². The number of aliphatic hydroxyl groups excluding tert-OH is 1. The third-order valence-electron chi connectivity index (χ3n) is 4.19.